The number of amides is 1. The first-order valence-corrected chi connectivity index (χ1v) is 9.23. The van der Waals surface area contributed by atoms with Crippen LogP contribution in [0.4, 0.5) is 5.69 Å². The monoisotopic (exact) mass is 353 g/mol. The predicted molar refractivity (Wildman–Crippen MR) is 98.8 cm³/mol. The van der Waals surface area contributed by atoms with Crippen LogP contribution < -0.4 is 5.73 Å². The molecule has 2 fully saturated rings. The summed E-state index contributed by atoms with van der Waals surface area (Å²) < 4.78 is 0. The zero-order valence-corrected chi connectivity index (χ0v) is 14.8. The molecule has 8 nitrogen and oxygen atoms in total. The maximum atomic E-state index is 13.1. The molecule has 8 heteroatoms. The van der Waals surface area contributed by atoms with Gasteiger partial charge < -0.3 is 15.6 Å². The van der Waals surface area contributed by atoms with Gasteiger partial charge in [0.15, 0.2) is 5.82 Å². The molecule has 1 unspecified atom stereocenters. The van der Waals surface area contributed by atoms with E-state index in [1.165, 1.54) is 0 Å². The molecule has 3 N–H and O–H groups in total. The Morgan fingerprint density at radius 2 is 2.31 bits per heavy atom. The number of benzene rings is 1. The van der Waals surface area contributed by atoms with Crippen LogP contribution in [0.3, 0.4) is 0 Å². The van der Waals surface area contributed by atoms with Gasteiger partial charge in [0.2, 0.25) is 0 Å². The topological polar surface area (TPSA) is 124 Å². The second-order valence-corrected chi connectivity index (χ2v) is 7.29. The lowest BCUT2D eigenvalue weighted by atomic mass is 10.0. The van der Waals surface area contributed by atoms with Crippen LogP contribution in [0.5, 0.6) is 0 Å². The van der Waals surface area contributed by atoms with Gasteiger partial charge in [-0.1, -0.05) is 11.2 Å². The zero-order valence-electron chi connectivity index (χ0n) is 14.8. The quantitative estimate of drug-likeness (QED) is 0.496. The zero-order chi connectivity index (χ0) is 18.3. The summed E-state index contributed by atoms with van der Waals surface area (Å²) in [6.45, 7) is 2.67. The normalized spacial score (nSPS) is 27.3. The van der Waals surface area contributed by atoms with Crippen LogP contribution in [-0.2, 0) is 0 Å². The molecular formula is C18H23N7O. The molecule has 0 bridgehead atoms. The van der Waals surface area contributed by atoms with Gasteiger partial charge in [0.1, 0.15) is 0 Å². The molecule has 1 amide bonds. The number of rotatable bonds is 4. The van der Waals surface area contributed by atoms with Gasteiger partial charge in [-0.05, 0) is 62.1 Å². The van der Waals surface area contributed by atoms with Crippen LogP contribution in [0.15, 0.2) is 23.3 Å². The van der Waals surface area contributed by atoms with Crippen molar-refractivity contribution in [3.05, 3.63) is 34.5 Å². The van der Waals surface area contributed by atoms with Crippen LogP contribution in [0.25, 0.3) is 21.5 Å². The maximum absolute atomic E-state index is 13.1. The molecule has 0 radical (unpaired) electrons. The maximum Gasteiger partial charge on any atom is 0.289 e. The Bertz CT molecular complexity index is 885. The van der Waals surface area contributed by atoms with Crippen molar-refractivity contribution in [1.29, 1.82) is 0 Å². The number of azide groups is 1. The highest BCUT2D eigenvalue weighted by atomic mass is 16.2. The van der Waals surface area contributed by atoms with Gasteiger partial charge in [-0.15, -0.1) is 0 Å². The van der Waals surface area contributed by atoms with Crippen molar-refractivity contribution in [2.75, 3.05) is 6.54 Å². The van der Waals surface area contributed by atoms with Crippen molar-refractivity contribution in [3.63, 3.8) is 0 Å². The molecule has 4 rings (SSSR count). The number of hydrogen-bond donors (Lipinski definition) is 2. The van der Waals surface area contributed by atoms with E-state index in [1.54, 1.807) is 18.2 Å². The van der Waals surface area contributed by atoms with E-state index in [0.717, 1.165) is 31.2 Å². The summed E-state index contributed by atoms with van der Waals surface area (Å²) in [5.41, 5.74) is 16.7. The molecule has 2 aromatic rings. The molecule has 1 aromatic heterocycles. The number of H-pyrrole nitrogens is 1. The first-order valence-electron chi connectivity index (χ1n) is 9.23. The number of carbonyl (C=O) groups excluding carboxylic acids is 1. The summed E-state index contributed by atoms with van der Waals surface area (Å²) in [5.74, 6) is 1.36. The molecule has 0 aliphatic heterocycles. The summed E-state index contributed by atoms with van der Waals surface area (Å²) in [4.78, 5) is 25.4. The summed E-state index contributed by atoms with van der Waals surface area (Å²) in [6.07, 6.45) is 4.26. The number of aromatic nitrogens is 2. The minimum Gasteiger partial charge on any atom is -0.334 e. The lowest BCUT2D eigenvalue weighted by Gasteiger charge is -2.30. The fraction of sp³-hybridized carbons (Fsp3) is 0.556. The number of nitrogens with one attached hydrogen (secondary N) is 1. The highest BCUT2D eigenvalue weighted by molar-refractivity contribution is 5.94. The molecule has 26 heavy (non-hydrogen) atoms. The molecular weight excluding hydrogens is 330 g/mol. The highest BCUT2D eigenvalue weighted by Crippen LogP contribution is 2.49. The number of hydrogen-bond acceptors (Lipinski definition) is 4. The van der Waals surface area contributed by atoms with E-state index < -0.39 is 0 Å². The third-order valence-corrected chi connectivity index (χ3v) is 5.80. The Morgan fingerprint density at radius 1 is 1.46 bits per heavy atom. The van der Waals surface area contributed by atoms with Gasteiger partial charge in [0, 0.05) is 29.2 Å². The number of carbonyl (C=O) groups is 1. The Balaban J connectivity index is 1.60. The number of imidazole rings is 1. The molecule has 136 valence electrons. The SMILES string of the molecule is CCN(C(=O)c1nc2cc(N=[N+]=[N-])ccc2[nH]1)[C@H]1CCC[C@@H](N)C2C[C@H]21. The Morgan fingerprint density at radius 3 is 3.08 bits per heavy atom. The van der Waals surface area contributed by atoms with Crippen molar-refractivity contribution in [3.8, 4) is 0 Å². The number of nitrogens with zero attached hydrogens (tertiary/aromatic N) is 5. The summed E-state index contributed by atoms with van der Waals surface area (Å²) in [7, 11) is 0. The minimum atomic E-state index is -0.0693. The number of aromatic amines is 1. The molecule has 0 saturated heterocycles. The fourth-order valence-corrected chi connectivity index (χ4v) is 4.42. The molecule has 4 atom stereocenters. The molecule has 1 aromatic carbocycles. The van der Waals surface area contributed by atoms with Gasteiger partial charge in [-0.3, -0.25) is 4.79 Å². The third-order valence-electron chi connectivity index (χ3n) is 5.80. The van der Waals surface area contributed by atoms with E-state index in [9.17, 15) is 4.79 Å². The van der Waals surface area contributed by atoms with E-state index in [4.69, 9.17) is 11.3 Å². The van der Waals surface area contributed by atoms with E-state index in [-0.39, 0.29) is 18.0 Å². The van der Waals surface area contributed by atoms with Gasteiger partial charge >= 0.3 is 0 Å². The van der Waals surface area contributed by atoms with Crippen molar-refractivity contribution in [1.82, 2.24) is 14.9 Å². The summed E-state index contributed by atoms with van der Waals surface area (Å²) in [5, 5.41) is 3.59. The Hall–Kier alpha value is -2.57. The van der Waals surface area contributed by atoms with E-state index in [0.29, 0.717) is 35.4 Å². The third kappa shape index (κ3) is 2.91. The number of fused-ring (bicyclic) bond motifs is 2. The van der Waals surface area contributed by atoms with Crippen LogP contribution in [-0.4, -0.2) is 39.4 Å². The predicted octanol–water partition coefficient (Wildman–Crippen LogP) is 3.48. The van der Waals surface area contributed by atoms with Crippen molar-refractivity contribution >= 4 is 22.6 Å². The van der Waals surface area contributed by atoms with Crippen LogP contribution >= 0.6 is 0 Å². The van der Waals surface area contributed by atoms with Gasteiger partial charge in [0.25, 0.3) is 5.91 Å². The van der Waals surface area contributed by atoms with E-state index >= 15 is 0 Å². The van der Waals surface area contributed by atoms with E-state index in [1.807, 2.05) is 11.8 Å². The Labute approximate surface area is 151 Å². The average molecular weight is 353 g/mol. The fourth-order valence-electron chi connectivity index (χ4n) is 4.42. The molecule has 1 heterocycles. The minimum absolute atomic E-state index is 0.0693. The summed E-state index contributed by atoms with van der Waals surface area (Å²) >= 11 is 0. The molecule has 2 saturated carbocycles. The molecule has 2 aliphatic carbocycles. The van der Waals surface area contributed by atoms with E-state index in [2.05, 4.69) is 20.0 Å². The molecule has 2 aliphatic rings. The second-order valence-electron chi connectivity index (χ2n) is 7.29. The Kier molecular flexibility index (Phi) is 4.30. The first kappa shape index (κ1) is 16.9. The van der Waals surface area contributed by atoms with Gasteiger partial charge in [-0.2, -0.15) is 0 Å². The number of nitrogens with two attached hydrogens (primary N) is 1. The second kappa shape index (κ2) is 6.63. The van der Waals surface area contributed by atoms with Crippen molar-refractivity contribution < 1.29 is 4.79 Å². The molecule has 0 spiro atoms. The largest absolute Gasteiger partial charge is 0.334 e. The van der Waals surface area contributed by atoms with Gasteiger partial charge in [0.05, 0.1) is 11.0 Å². The highest BCUT2D eigenvalue weighted by Gasteiger charge is 2.50. The smallest absolute Gasteiger partial charge is 0.289 e. The van der Waals surface area contributed by atoms with Crippen LogP contribution in [0.2, 0.25) is 0 Å². The lowest BCUT2D eigenvalue weighted by Crippen LogP contribution is -2.42. The first-order chi connectivity index (χ1) is 12.6. The standard InChI is InChI=1S/C18H23N7O/c1-2-25(16-5-3-4-13(19)11-9-12(11)16)18(26)17-21-14-7-6-10(23-24-20)8-15(14)22-17/h6-8,11-13,16H,2-5,9,19H2,1H3,(H,21,22)/t11?,12-,13-,16+/m1/s1. The van der Waals surface area contributed by atoms with Crippen LogP contribution in [0.1, 0.15) is 43.2 Å². The van der Waals surface area contributed by atoms with Crippen molar-refractivity contribution in [2.45, 2.75) is 44.7 Å². The van der Waals surface area contributed by atoms with Gasteiger partial charge in [-0.25, -0.2) is 4.98 Å². The average Bonchev–Trinajstić information content (AvgIpc) is 3.34. The van der Waals surface area contributed by atoms with Crippen LogP contribution in [0, 0.1) is 11.8 Å². The van der Waals surface area contributed by atoms with Crippen molar-refractivity contribution in [2.24, 2.45) is 22.7 Å². The lowest BCUT2D eigenvalue weighted by molar-refractivity contribution is 0.0642. The summed E-state index contributed by atoms with van der Waals surface area (Å²) in [6, 6.07) is 5.69.